The Morgan fingerprint density at radius 2 is 0.825 bits per heavy atom. The van der Waals surface area contributed by atoms with Crippen LogP contribution in [-0.2, 0) is 10.8 Å². The molecule has 0 bridgehead atoms. The summed E-state index contributed by atoms with van der Waals surface area (Å²) in [5.74, 6) is 0. The predicted octanol–water partition coefficient (Wildman–Crippen LogP) is 16.2. The molecular weight excluding hydrogens is 687 g/mol. The summed E-state index contributed by atoms with van der Waals surface area (Å²) >= 11 is 0. The van der Waals surface area contributed by atoms with Gasteiger partial charge in [0.15, 0.2) is 0 Å². The molecule has 9 rings (SSSR count). The van der Waals surface area contributed by atoms with E-state index in [1.54, 1.807) is 0 Å². The second kappa shape index (κ2) is 14.3. The van der Waals surface area contributed by atoms with Gasteiger partial charge in [-0.3, -0.25) is 0 Å². The zero-order chi connectivity index (χ0) is 39.3. The molecule has 0 aromatic heterocycles. The predicted molar refractivity (Wildman–Crippen MR) is 247 cm³/mol. The molecule has 1 nitrogen and oxygen atoms in total. The minimum atomic E-state index is 0.0107. The number of hydrogen-bond acceptors (Lipinski definition) is 1. The molecule has 57 heavy (non-hydrogen) atoms. The van der Waals surface area contributed by atoms with Crippen molar-refractivity contribution in [3.63, 3.8) is 0 Å². The highest BCUT2D eigenvalue weighted by atomic mass is 15.1. The molecule has 0 aliphatic rings. The molecule has 0 aliphatic carbocycles. The molecule has 0 spiro atoms. The first-order valence-electron chi connectivity index (χ1n) is 20.2. The number of hydrogen-bond donors (Lipinski definition) is 0. The van der Waals surface area contributed by atoms with E-state index in [1.807, 2.05) is 0 Å². The van der Waals surface area contributed by atoms with E-state index in [1.165, 1.54) is 76.8 Å². The SMILES string of the molecule is CC(C)(C)c1cc(-c2cccc3cccc(-c4ccccc4N(c4ccccc4)c4ccccc4-c4cccc5c4ccc4ccccc45)c23)cc(C(C)(C)C)c1. The summed E-state index contributed by atoms with van der Waals surface area (Å²) in [7, 11) is 0. The van der Waals surface area contributed by atoms with Crippen LogP contribution in [0.25, 0.3) is 65.7 Å². The quantitative estimate of drug-likeness (QED) is 0.154. The third-order valence-corrected chi connectivity index (χ3v) is 11.6. The average molecular weight is 736 g/mol. The molecular formula is C56H49N. The maximum atomic E-state index is 2.46. The Hall–Kier alpha value is -6.44. The zero-order valence-corrected chi connectivity index (χ0v) is 33.8. The highest BCUT2D eigenvalue weighted by Gasteiger charge is 2.25. The largest absolute Gasteiger partial charge is 0.309 e. The van der Waals surface area contributed by atoms with Crippen molar-refractivity contribution in [1.82, 2.24) is 0 Å². The minimum absolute atomic E-state index is 0.0107. The van der Waals surface area contributed by atoms with Gasteiger partial charge < -0.3 is 4.90 Å². The van der Waals surface area contributed by atoms with Crippen molar-refractivity contribution in [2.75, 3.05) is 4.90 Å². The van der Waals surface area contributed by atoms with Crippen LogP contribution in [0.15, 0.2) is 188 Å². The van der Waals surface area contributed by atoms with Gasteiger partial charge in [0.25, 0.3) is 0 Å². The number of benzene rings is 9. The molecule has 0 amide bonds. The number of para-hydroxylation sites is 3. The van der Waals surface area contributed by atoms with Gasteiger partial charge in [0.05, 0.1) is 11.4 Å². The van der Waals surface area contributed by atoms with E-state index in [4.69, 9.17) is 0 Å². The first kappa shape index (κ1) is 36.2. The molecule has 0 heterocycles. The Morgan fingerprint density at radius 3 is 1.49 bits per heavy atom. The molecule has 278 valence electrons. The van der Waals surface area contributed by atoms with Gasteiger partial charge in [0, 0.05) is 16.8 Å². The van der Waals surface area contributed by atoms with Crippen LogP contribution in [0.3, 0.4) is 0 Å². The molecule has 0 radical (unpaired) electrons. The molecule has 0 N–H and O–H groups in total. The fourth-order valence-electron chi connectivity index (χ4n) is 8.51. The van der Waals surface area contributed by atoms with Crippen molar-refractivity contribution in [1.29, 1.82) is 0 Å². The van der Waals surface area contributed by atoms with Gasteiger partial charge in [-0.1, -0.05) is 205 Å². The van der Waals surface area contributed by atoms with E-state index in [0.29, 0.717) is 0 Å². The van der Waals surface area contributed by atoms with Crippen LogP contribution in [0.5, 0.6) is 0 Å². The Labute approximate surface area is 337 Å². The topological polar surface area (TPSA) is 3.24 Å². The molecule has 9 aromatic rings. The van der Waals surface area contributed by atoms with Crippen molar-refractivity contribution in [2.24, 2.45) is 0 Å². The maximum Gasteiger partial charge on any atom is 0.0540 e. The molecule has 9 aromatic carbocycles. The van der Waals surface area contributed by atoms with Gasteiger partial charge in [-0.05, 0) is 101 Å². The molecule has 0 fully saturated rings. The third kappa shape index (κ3) is 6.68. The average Bonchev–Trinajstić information content (AvgIpc) is 3.23. The number of nitrogens with zero attached hydrogens (tertiary/aromatic N) is 1. The van der Waals surface area contributed by atoms with E-state index in [-0.39, 0.29) is 10.8 Å². The highest BCUT2D eigenvalue weighted by molar-refractivity contribution is 6.14. The van der Waals surface area contributed by atoms with Crippen LogP contribution in [0.2, 0.25) is 0 Å². The van der Waals surface area contributed by atoms with E-state index in [0.717, 1.165) is 17.1 Å². The normalized spacial score (nSPS) is 12.0. The second-order valence-corrected chi connectivity index (χ2v) is 17.4. The third-order valence-electron chi connectivity index (χ3n) is 11.6. The summed E-state index contributed by atoms with van der Waals surface area (Å²) in [5, 5.41) is 7.53. The highest BCUT2D eigenvalue weighted by Crippen LogP contribution is 2.48. The van der Waals surface area contributed by atoms with E-state index < -0.39 is 0 Å². The second-order valence-electron chi connectivity index (χ2n) is 17.4. The molecule has 0 unspecified atom stereocenters. The van der Waals surface area contributed by atoms with Crippen LogP contribution in [-0.4, -0.2) is 0 Å². The lowest BCUT2D eigenvalue weighted by Gasteiger charge is -2.30. The Balaban J connectivity index is 1.30. The zero-order valence-electron chi connectivity index (χ0n) is 33.8. The Kier molecular flexibility index (Phi) is 9.05. The molecule has 0 atom stereocenters. The smallest absolute Gasteiger partial charge is 0.0540 e. The van der Waals surface area contributed by atoms with E-state index >= 15 is 0 Å². The number of fused-ring (bicyclic) bond motifs is 4. The first-order valence-corrected chi connectivity index (χ1v) is 20.2. The van der Waals surface area contributed by atoms with Crippen LogP contribution in [0, 0.1) is 0 Å². The number of rotatable bonds is 6. The van der Waals surface area contributed by atoms with Crippen LogP contribution in [0.1, 0.15) is 52.7 Å². The van der Waals surface area contributed by atoms with Crippen LogP contribution >= 0.6 is 0 Å². The summed E-state index contributed by atoms with van der Waals surface area (Å²) in [6.45, 7) is 13.9. The van der Waals surface area contributed by atoms with E-state index in [2.05, 4.69) is 234 Å². The minimum Gasteiger partial charge on any atom is -0.309 e. The van der Waals surface area contributed by atoms with Crippen molar-refractivity contribution in [3.8, 4) is 33.4 Å². The summed E-state index contributed by atoms with van der Waals surface area (Å²) in [5.41, 5.74) is 13.4. The molecule has 0 saturated heterocycles. The van der Waals surface area contributed by atoms with Crippen LogP contribution in [0.4, 0.5) is 17.1 Å². The van der Waals surface area contributed by atoms with Crippen molar-refractivity contribution in [3.05, 3.63) is 199 Å². The van der Waals surface area contributed by atoms with Gasteiger partial charge in [-0.15, -0.1) is 0 Å². The summed E-state index contributed by atoms with van der Waals surface area (Å²) < 4.78 is 0. The lowest BCUT2D eigenvalue weighted by Crippen LogP contribution is -2.16. The van der Waals surface area contributed by atoms with Crippen LogP contribution < -0.4 is 4.90 Å². The number of anilines is 3. The lowest BCUT2D eigenvalue weighted by atomic mass is 9.78. The van der Waals surface area contributed by atoms with Crippen molar-refractivity contribution < 1.29 is 0 Å². The fourth-order valence-corrected chi connectivity index (χ4v) is 8.51. The van der Waals surface area contributed by atoms with Gasteiger partial charge in [-0.25, -0.2) is 0 Å². The van der Waals surface area contributed by atoms with Gasteiger partial charge in [0.1, 0.15) is 0 Å². The molecule has 0 saturated carbocycles. The maximum absolute atomic E-state index is 2.46. The van der Waals surface area contributed by atoms with E-state index in [9.17, 15) is 0 Å². The Bertz CT molecular complexity index is 2880. The summed E-state index contributed by atoms with van der Waals surface area (Å²) in [6, 6.07) is 69.5. The molecule has 0 aliphatic heterocycles. The Morgan fingerprint density at radius 1 is 0.333 bits per heavy atom. The lowest BCUT2D eigenvalue weighted by molar-refractivity contribution is 0.569. The van der Waals surface area contributed by atoms with Gasteiger partial charge in [0.2, 0.25) is 0 Å². The standard InChI is InChI=1S/C56H49N/c1-55(2,3)41-35-40(36-42(37-41)56(4,5)6)45-27-16-20-39-21-17-30-51(54(39)45)50-26-13-15-32-53(50)57(43-22-8-7-9-23-43)52-31-14-12-25-49(52)47-29-18-28-46-44-24-11-10-19-38(44)33-34-48(46)47/h7-37H,1-6H3. The summed E-state index contributed by atoms with van der Waals surface area (Å²) in [4.78, 5) is 2.46. The van der Waals surface area contributed by atoms with Gasteiger partial charge >= 0.3 is 0 Å². The molecule has 1 heteroatoms. The van der Waals surface area contributed by atoms with Gasteiger partial charge in [-0.2, -0.15) is 0 Å². The van der Waals surface area contributed by atoms with Crippen molar-refractivity contribution in [2.45, 2.75) is 52.4 Å². The fraction of sp³-hybridized carbons (Fsp3) is 0.143. The van der Waals surface area contributed by atoms with Crippen molar-refractivity contribution >= 4 is 49.4 Å². The monoisotopic (exact) mass is 735 g/mol. The summed E-state index contributed by atoms with van der Waals surface area (Å²) in [6.07, 6.45) is 0. The first-order chi connectivity index (χ1) is 27.6.